The van der Waals surface area contributed by atoms with Crippen molar-refractivity contribution in [2.24, 2.45) is 0 Å². The number of carbonyl (C=O) groups excluding carboxylic acids is 2. The Bertz CT molecular complexity index is 1430. The number of pyridine rings is 1. The van der Waals surface area contributed by atoms with Crippen LogP contribution in [0.5, 0.6) is 0 Å². The zero-order chi connectivity index (χ0) is 24.9. The van der Waals surface area contributed by atoms with Gasteiger partial charge in [0.25, 0.3) is 5.56 Å². The van der Waals surface area contributed by atoms with Crippen molar-refractivity contribution in [2.75, 3.05) is 7.11 Å². The van der Waals surface area contributed by atoms with Crippen LogP contribution in [0.2, 0.25) is 0 Å². The summed E-state index contributed by atoms with van der Waals surface area (Å²) in [7, 11) is 1.33. The third-order valence-corrected chi connectivity index (χ3v) is 6.42. The number of fused-ring (bicyclic) bond motifs is 1. The number of para-hydroxylation sites is 1. The van der Waals surface area contributed by atoms with E-state index in [1.807, 2.05) is 19.1 Å². The molecule has 0 fully saturated rings. The van der Waals surface area contributed by atoms with Crippen LogP contribution in [-0.4, -0.2) is 38.8 Å². The lowest BCUT2D eigenvalue weighted by Gasteiger charge is -2.16. The zero-order valence-electron chi connectivity index (χ0n) is 19.5. The lowest BCUT2D eigenvalue weighted by Crippen LogP contribution is -2.31. The molecule has 2 heterocycles. The molecule has 1 atom stereocenters. The highest BCUT2D eigenvalue weighted by molar-refractivity contribution is 8.00. The van der Waals surface area contributed by atoms with Crippen LogP contribution < -0.4 is 10.9 Å². The Morgan fingerprint density at radius 1 is 1.09 bits per heavy atom. The van der Waals surface area contributed by atoms with Crippen molar-refractivity contribution in [3.63, 3.8) is 0 Å². The van der Waals surface area contributed by atoms with Crippen LogP contribution in [0.25, 0.3) is 16.7 Å². The number of aryl methyl sites for hydroxylation is 1. The molecule has 2 aromatic carbocycles. The standard InChI is InChI=1S/C26H24N4O4S/c1-16-8-13-22(27-14-16)30-24(32)20-6-4-5-7-21(20)29-26(30)35-17(2)23(31)28-15-18-9-11-19(12-10-18)25(33)34-3/h4-14,17H,15H2,1-3H3,(H,28,31). The highest BCUT2D eigenvalue weighted by atomic mass is 32.2. The SMILES string of the molecule is COC(=O)c1ccc(CNC(=O)C(C)Sc2nc3ccccc3c(=O)n2-c2ccc(C)cn2)cc1. The Kier molecular flexibility index (Phi) is 7.26. The van der Waals surface area contributed by atoms with Gasteiger partial charge in [-0.25, -0.2) is 19.3 Å². The van der Waals surface area contributed by atoms with Gasteiger partial charge >= 0.3 is 5.97 Å². The molecule has 0 saturated carbocycles. The first kappa shape index (κ1) is 24.2. The number of rotatable bonds is 7. The number of carbonyl (C=O) groups is 2. The third kappa shape index (κ3) is 5.41. The summed E-state index contributed by atoms with van der Waals surface area (Å²) in [4.78, 5) is 46.8. The fourth-order valence-electron chi connectivity index (χ4n) is 3.41. The molecular weight excluding hydrogens is 464 g/mol. The van der Waals surface area contributed by atoms with Crippen molar-refractivity contribution in [3.05, 3.63) is 93.9 Å². The second kappa shape index (κ2) is 10.5. The monoisotopic (exact) mass is 488 g/mol. The van der Waals surface area contributed by atoms with Gasteiger partial charge in [-0.05, 0) is 55.3 Å². The topological polar surface area (TPSA) is 103 Å². The van der Waals surface area contributed by atoms with Gasteiger partial charge in [0.05, 0.1) is 28.8 Å². The lowest BCUT2D eigenvalue weighted by atomic mass is 10.1. The third-order valence-electron chi connectivity index (χ3n) is 5.36. The fourth-order valence-corrected chi connectivity index (χ4v) is 4.35. The molecule has 0 saturated heterocycles. The highest BCUT2D eigenvalue weighted by Crippen LogP contribution is 2.24. The molecule has 4 aromatic rings. The molecule has 0 spiro atoms. The van der Waals surface area contributed by atoms with Gasteiger partial charge in [-0.15, -0.1) is 0 Å². The maximum absolute atomic E-state index is 13.3. The van der Waals surface area contributed by atoms with E-state index in [-0.39, 0.29) is 11.5 Å². The number of benzene rings is 2. The Balaban J connectivity index is 1.55. The van der Waals surface area contributed by atoms with Crippen LogP contribution in [0.3, 0.4) is 0 Å². The maximum atomic E-state index is 13.3. The van der Waals surface area contributed by atoms with E-state index in [9.17, 15) is 14.4 Å². The number of hydrogen-bond donors (Lipinski definition) is 1. The van der Waals surface area contributed by atoms with E-state index in [0.717, 1.165) is 11.1 Å². The summed E-state index contributed by atoms with van der Waals surface area (Å²) in [5.41, 5.74) is 2.57. The van der Waals surface area contributed by atoms with E-state index >= 15 is 0 Å². The minimum atomic E-state index is -0.533. The van der Waals surface area contributed by atoms with E-state index in [2.05, 4.69) is 15.3 Å². The van der Waals surface area contributed by atoms with Crippen LogP contribution >= 0.6 is 11.8 Å². The number of hydrogen-bond acceptors (Lipinski definition) is 7. The summed E-state index contributed by atoms with van der Waals surface area (Å²) in [5.74, 6) is -0.180. The molecule has 1 amide bonds. The molecule has 1 N–H and O–H groups in total. The normalized spacial score (nSPS) is 11.7. The molecule has 0 aliphatic rings. The number of nitrogens with one attached hydrogen (secondary N) is 1. The molecule has 4 rings (SSSR count). The first-order valence-corrected chi connectivity index (χ1v) is 11.8. The number of aromatic nitrogens is 3. The second-order valence-electron chi connectivity index (χ2n) is 7.91. The van der Waals surface area contributed by atoms with Gasteiger partial charge in [-0.1, -0.05) is 42.1 Å². The Labute approximate surface area is 206 Å². The summed E-state index contributed by atoms with van der Waals surface area (Å²) < 4.78 is 6.15. The lowest BCUT2D eigenvalue weighted by molar-refractivity contribution is -0.120. The van der Waals surface area contributed by atoms with E-state index in [4.69, 9.17) is 4.74 Å². The van der Waals surface area contributed by atoms with Crippen molar-refractivity contribution in [2.45, 2.75) is 30.8 Å². The maximum Gasteiger partial charge on any atom is 0.337 e. The van der Waals surface area contributed by atoms with Gasteiger partial charge in [0.15, 0.2) is 5.16 Å². The molecule has 9 heteroatoms. The Morgan fingerprint density at radius 3 is 2.51 bits per heavy atom. The molecule has 0 radical (unpaired) electrons. The van der Waals surface area contributed by atoms with Crippen molar-refractivity contribution < 1.29 is 14.3 Å². The average Bonchev–Trinajstić information content (AvgIpc) is 2.88. The van der Waals surface area contributed by atoms with Crippen molar-refractivity contribution in [1.82, 2.24) is 19.9 Å². The quantitative estimate of drug-likeness (QED) is 0.240. The summed E-state index contributed by atoms with van der Waals surface area (Å²) in [6.45, 7) is 3.97. The van der Waals surface area contributed by atoms with Gasteiger partial charge in [-0.2, -0.15) is 0 Å². The number of thioether (sulfide) groups is 1. The van der Waals surface area contributed by atoms with Crippen LogP contribution in [0.15, 0.2) is 76.8 Å². The van der Waals surface area contributed by atoms with E-state index in [1.54, 1.807) is 61.7 Å². The van der Waals surface area contributed by atoms with Gasteiger partial charge in [0.1, 0.15) is 5.82 Å². The van der Waals surface area contributed by atoms with Gasteiger partial charge in [0.2, 0.25) is 5.91 Å². The predicted molar refractivity (Wildman–Crippen MR) is 135 cm³/mol. The molecule has 8 nitrogen and oxygen atoms in total. The Morgan fingerprint density at radius 2 is 1.83 bits per heavy atom. The molecule has 1 unspecified atom stereocenters. The fraction of sp³-hybridized carbons (Fsp3) is 0.192. The smallest absolute Gasteiger partial charge is 0.337 e. The molecular formula is C26H24N4O4S. The minimum Gasteiger partial charge on any atom is -0.465 e. The van der Waals surface area contributed by atoms with Crippen LogP contribution in [0, 0.1) is 6.92 Å². The van der Waals surface area contributed by atoms with E-state index < -0.39 is 11.2 Å². The molecule has 2 aromatic heterocycles. The zero-order valence-corrected chi connectivity index (χ0v) is 20.3. The van der Waals surface area contributed by atoms with Gasteiger partial charge in [-0.3, -0.25) is 9.59 Å². The van der Waals surface area contributed by atoms with Crippen molar-refractivity contribution in [1.29, 1.82) is 0 Å². The van der Waals surface area contributed by atoms with Crippen molar-refractivity contribution in [3.8, 4) is 5.82 Å². The minimum absolute atomic E-state index is 0.210. The highest BCUT2D eigenvalue weighted by Gasteiger charge is 2.20. The molecule has 0 bridgehead atoms. The molecule has 0 aliphatic carbocycles. The van der Waals surface area contributed by atoms with Gasteiger partial charge in [0, 0.05) is 12.7 Å². The van der Waals surface area contributed by atoms with Crippen LogP contribution in [0.1, 0.15) is 28.4 Å². The largest absolute Gasteiger partial charge is 0.465 e. The number of amides is 1. The van der Waals surface area contributed by atoms with Crippen LogP contribution in [-0.2, 0) is 16.1 Å². The molecule has 178 valence electrons. The first-order valence-electron chi connectivity index (χ1n) is 10.9. The van der Waals surface area contributed by atoms with E-state index in [1.165, 1.54) is 23.4 Å². The van der Waals surface area contributed by atoms with Crippen molar-refractivity contribution >= 4 is 34.5 Å². The molecule has 35 heavy (non-hydrogen) atoms. The number of ether oxygens (including phenoxy) is 1. The predicted octanol–water partition coefficient (Wildman–Crippen LogP) is 3.67. The van der Waals surface area contributed by atoms with Gasteiger partial charge < -0.3 is 10.1 Å². The Hall–Kier alpha value is -3.98. The molecule has 0 aliphatic heterocycles. The number of nitrogens with zero attached hydrogens (tertiary/aromatic N) is 3. The second-order valence-corrected chi connectivity index (χ2v) is 9.22. The van der Waals surface area contributed by atoms with Crippen LogP contribution in [0.4, 0.5) is 0 Å². The number of esters is 1. The first-order chi connectivity index (χ1) is 16.9. The summed E-state index contributed by atoms with van der Waals surface area (Å²) in [6, 6.07) is 17.6. The number of methoxy groups -OCH3 is 1. The summed E-state index contributed by atoms with van der Waals surface area (Å²) in [6.07, 6.45) is 1.69. The summed E-state index contributed by atoms with van der Waals surface area (Å²) in [5, 5.41) is 3.22. The summed E-state index contributed by atoms with van der Waals surface area (Å²) >= 11 is 1.19. The average molecular weight is 489 g/mol. The van der Waals surface area contributed by atoms with E-state index in [0.29, 0.717) is 34.0 Å².